The summed E-state index contributed by atoms with van der Waals surface area (Å²) in [6, 6.07) is 2.13. The third-order valence-electron chi connectivity index (χ3n) is 6.01. The molecule has 7 heteroatoms. The largest absolute Gasteiger partial charge is 0.396 e. The Bertz CT molecular complexity index is 568. The summed E-state index contributed by atoms with van der Waals surface area (Å²) in [6.07, 6.45) is 5.60. The van der Waals surface area contributed by atoms with Crippen molar-refractivity contribution < 1.29 is 19.7 Å². The van der Waals surface area contributed by atoms with E-state index in [0.717, 1.165) is 50.5 Å². The molecule has 0 amide bonds. The standard InChI is InChI=1S/C20H33N3O4/c1-26-7-5-20-21-6-2-15(23-20)10-16-17(13-24)19(25)11-18(16)22-12-14-3-8-27-9-4-14/h2,6,14,16-19,22,24-25H,3-5,7-13H2,1H3. The van der Waals surface area contributed by atoms with Gasteiger partial charge in [-0.15, -0.1) is 0 Å². The highest BCUT2D eigenvalue weighted by atomic mass is 16.5. The lowest BCUT2D eigenvalue weighted by Crippen LogP contribution is -2.40. The summed E-state index contributed by atoms with van der Waals surface area (Å²) < 4.78 is 10.5. The molecule has 1 saturated heterocycles. The second kappa shape index (κ2) is 10.4. The van der Waals surface area contributed by atoms with Gasteiger partial charge in [-0.2, -0.15) is 0 Å². The van der Waals surface area contributed by atoms with Gasteiger partial charge in [-0.25, -0.2) is 9.97 Å². The fourth-order valence-corrected chi connectivity index (χ4v) is 4.36. The van der Waals surface area contributed by atoms with E-state index in [1.54, 1.807) is 13.3 Å². The first kappa shape index (κ1) is 20.6. The van der Waals surface area contributed by atoms with E-state index in [4.69, 9.17) is 9.47 Å². The Morgan fingerprint density at radius 1 is 1.30 bits per heavy atom. The van der Waals surface area contributed by atoms with E-state index in [1.165, 1.54) is 0 Å². The van der Waals surface area contributed by atoms with Crippen LogP contribution in [0.3, 0.4) is 0 Å². The van der Waals surface area contributed by atoms with E-state index >= 15 is 0 Å². The van der Waals surface area contributed by atoms with Crippen LogP contribution < -0.4 is 5.32 Å². The van der Waals surface area contributed by atoms with Crippen LogP contribution in [-0.2, 0) is 22.3 Å². The molecular weight excluding hydrogens is 346 g/mol. The van der Waals surface area contributed by atoms with Gasteiger partial charge in [-0.1, -0.05) is 0 Å². The Hall–Kier alpha value is -1.12. The van der Waals surface area contributed by atoms with Gasteiger partial charge in [0, 0.05) is 57.2 Å². The first-order valence-electron chi connectivity index (χ1n) is 10.1. The molecule has 3 N–H and O–H groups in total. The summed E-state index contributed by atoms with van der Waals surface area (Å²) >= 11 is 0. The summed E-state index contributed by atoms with van der Waals surface area (Å²) in [5.41, 5.74) is 0.964. The summed E-state index contributed by atoms with van der Waals surface area (Å²) in [5.74, 6) is 1.45. The van der Waals surface area contributed by atoms with Crippen LogP contribution >= 0.6 is 0 Å². The molecule has 1 aliphatic carbocycles. The summed E-state index contributed by atoms with van der Waals surface area (Å²) in [7, 11) is 1.67. The second-order valence-electron chi connectivity index (χ2n) is 7.79. The Morgan fingerprint density at radius 3 is 2.85 bits per heavy atom. The van der Waals surface area contributed by atoms with E-state index in [0.29, 0.717) is 25.4 Å². The average Bonchev–Trinajstić information content (AvgIpc) is 3.00. The van der Waals surface area contributed by atoms with Crippen LogP contribution in [-0.4, -0.2) is 72.4 Å². The average molecular weight is 380 g/mol. The van der Waals surface area contributed by atoms with Gasteiger partial charge in [-0.05, 0) is 50.1 Å². The van der Waals surface area contributed by atoms with Gasteiger partial charge < -0.3 is 25.0 Å². The fraction of sp³-hybridized carbons (Fsp3) is 0.800. The maximum atomic E-state index is 10.4. The van der Waals surface area contributed by atoms with Gasteiger partial charge in [0.25, 0.3) is 0 Å². The zero-order valence-corrected chi connectivity index (χ0v) is 16.2. The van der Waals surface area contributed by atoms with E-state index in [-0.39, 0.29) is 24.5 Å². The number of nitrogens with zero attached hydrogens (tertiary/aromatic N) is 2. The Kier molecular flexibility index (Phi) is 7.96. The fourth-order valence-electron chi connectivity index (χ4n) is 4.36. The Labute approximate surface area is 161 Å². The zero-order valence-electron chi connectivity index (χ0n) is 16.2. The molecule has 0 aromatic carbocycles. The first-order chi connectivity index (χ1) is 13.2. The number of methoxy groups -OCH3 is 1. The molecule has 1 aromatic heterocycles. The number of rotatable bonds is 9. The van der Waals surface area contributed by atoms with Crippen LogP contribution in [0.5, 0.6) is 0 Å². The third kappa shape index (κ3) is 5.68. The number of aromatic nitrogens is 2. The van der Waals surface area contributed by atoms with Crippen LogP contribution in [0.15, 0.2) is 12.3 Å². The highest BCUT2D eigenvalue weighted by molar-refractivity contribution is 5.08. The number of nitrogens with one attached hydrogen (secondary N) is 1. The number of hydrogen-bond acceptors (Lipinski definition) is 7. The third-order valence-corrected chi connectivity index (χ3v) is 6.01. The van der Waals surface area contributed by atoms with Gasteiger partial charge in [0.2, 0.25) is 0 Å². The predicted molar refractivity (Wildman–Crippen MR) is 101 cm³/mol. The molecular formula is C20H33N3O4. The smallest absolute Gasteiger partial charge is 0.130 e. The summed E-state index contributed by atoms with van der Waals surface area (Å²) in [5, 5.41) is 24.0. The van der Waals surface area contributed by atoms with E-state index in [9.17, 15) is 10.2 Å². The number of aliphatic hydroxyl groups excluding tert-OH is 2. The van der Waals surface area contributed by atoms with Crippen molar-refractivity contribution in [2.24, 2.45) is 17.8 Å². The normalized spacial score (nSPS) is 29.3. The summed E-state index contributed by atoms with van der Waals surface area (Å²) in [6.45, 7) is 3.22. The predicted octanol–water partition coefficient (Wildman–Crippen LogP) is 0.582. The van der Waals surface area contributed by atoms with Crippen molar-refractivity contribution in [3.05, 3.63) is 23.8 Å². The minimum absolute atomic E-state index is 0.00287. The van der Waals surface area contributed by atoms with Crippen molar-refractivity contribution in [2.45, 2.75) is 44.2 Å². The van der Waals surface area contributed by atoms with Crippen LogP contribution in [0.2, 0.25) is 0 Å². The Morgan fingerprint density at radius 2 is 2.11 bits per heavy atom. The van der Waals surface area contributed by atoms with Gasteiger partial charge in [0.1, 0.15) is 5.82 Å². The molecule has 4 atom stereocenters. The minimum atomic E-state index is -0.470. The van der Waals surface area contributed by atoms with Crippen molar-refractivity contribution >= 4 is 0 Å². The van der Waals surface area contributed by atoms with Gasteiger partial charge in [-0.3, -0.25) is 0 Å². The van der Waals surface area contributed by atoms with E-state index in [2.05, 4.69) is 15.3 Å². The molecule has 2 fully saturated rings. The maximum Gasteiger partial charge on any atom is 0.130 e. The molecule has 1 saturated carbocycles. The highest BCUT2D eigenvalue weighted by Gasteiger charge is 2.42. The lowest BCUT2D eigenvalue weighted by Gasteiger charge is -2.28. The number of hydrogen-bond donors (Lipinski definition) is 3. The van der Waals surface area contributed by atoms with Crippen LogP contribution in [0.25, 0.3) is 0 Å². The monoisotopic (exact) mass is 379 g/mol. The second-order valence-corrected chi connectivity index (χ2v) is 7.79. The highest BCUT2D eigenvalue weighted by Crippen LogP contribution is 2.35. The molecule has 3 rings (SSSR count). The Balaban J connectivity index is 1.63. The van der Waals surface area contributed by atoms with Gasteiger partial charge >= 0.3 is 0 Å². The molecule has 0 bridgehead atoms. The molecule has 1 aliphatic heterocycles. The molecule has 0 radical (unpaired) electrons. The van der Waals surface area contributed by atoms with E-state index < -0.39 is 6.10 Å². The SMILES string of the molecule is COCCc1nccc(CC2C(NCC3CCOCC3)CC(O)C2CO)n1. The van der Waals surface area contributed by atoms with Gasteiger partial charge in [0.05, 0.1) is 12.7 Å². The summed E-state index contributed by atoms with van der Waals surface area (Å²) in [4.78, 5) is 8.96. The quantitative estimate of drug-likeness (QED) is 0.577. The lowest BCUT2D eigenvalue weighted by atomic mass is 9.88. The van der Waals surface area contributed by atoms with Crippen molar-refractivity contribution in [2.75, 3.05) is 40.1 Å². The van der Waals surface area contributed by atoms with Crippen LogP contribution in [0, 0.1) is 17.8 Å². The topological polar surface area (TPSA) is 96.7 Å². The van der Waals surface area contributed by atoms with Crippen molar-refractivity contribution in [3.63, 3.8) is 0 Å². The number of ether oxygens (including phenoxy) is 2. The molecule has 2 aliphatic rings. The lowest BCUT2D eigenvalue weighted by molar-refractivity contribution is 0.0642. The van der Waals surface area contributed by atoms with Crippen molar-refractivity contribution in [1.29, 1.82) is 0 Å². The molecule has 1 aromatic rings. The molecule has 152 valence electrons. The molecule has 4 unspecified atom stereocenters. The zero-order chi connectivity index (χ0) is 19.1. The molecule has 27 heavy (non-hydrogen) atoms. The molecule has 7 nitrogen and oxygen atoms in total. The first-order valence-corrected chi connectivity index (χ1v) is 10.1. The van der Waals surface area contributed by atoms with Crippen LogP contribution in [0.4, 0.5) is 0 Å². The van der Waals surface area contributed by atoms with Crippen LogP contribution in [0.1, 0.15) is 30.8 Å². The number of aliphatic hydroxyl groups is 2. The van der Waals surface area contributed by atoms with Crippen molar-refractivity contribution in [1.82, 2.24) is 15.3 Å². The van der Waals surface area contributed by atoms with Crippen molar-refractivity contribution in [3.8, 4) is 0 Å². The molecule has 2 heterocycles. The molecule has 0 spiro atoms. The van der Waals surface area contributed by atoms with Gasteiger partial charge in [0.15, 0.2) is 0 Å². The van der Waals surface area contributed by atoms with E-state index in [1.807, 2.05) is 6.07 Å². The minimum Gasteiger partial charge on any atom is -0.396 e. The maximum absolute atomic E-state index is 10.4.